The van der Waals surface area contributed by atoms with Gasteiger partial charge in [0.25, 0.3) is 0 Å². The second kappa shape index (κ2) is 7.56. The zero-order valence-electron chi connectivity index (χ0n) is 12.6. The van der Waals surface area contributed by atoms with Gasteiger partial charge in [-0.25, -0.2) is 17.8 Å². The molecule has 0 saturated carbocycles. The lowest BCUT2D eigenvalue weighted by Gasteiger charge is -2.09. The Bertz CT molecular complexity index is 855. The van der Waals surface area contributed by atoms with Gasteiger partial charge in [0, 0.05) is 17.2 Å². The molecular weight excluding hydrogens is 377 g/mol. The molecule has 130 valence electrons. The molecule has 3 N–H and O–H groups in total. The maximum Gasteiger partial charge on any atom is 0.243 e. The smallest absolute Gasteiger partial charge is 0.243 e. The van der Waals surface area contributed by atoms with Gasteiger partial charge >= 0.3 is 0 Å². The van der Waals surface area contributed by atoms with E-state index < -0.39 is 27.6 Å². The summed E-state index contributed by atoms with van der Waals surface area (Å²) in [5.74, 6) is -1.21. The lowest BCUT2D eigenvalue weighted by Crippen LogP contribution is -2.37. The van der Waals surface area contributed by atoms with Gasteiger partial charge < -0.3 is 11.1 Å². The Morgan fingerprint density at radius 2 is 2.21 bits per heavy atom. The topological polar surface area (TPSA) is 102 Å². The van der Waals surface area contributed by atoms with E-state index in [1.165, 1.54) is 29.5 Å². The number of benzene rings is 1. The third-order valence-electron chi connectivity index (χ3n) is 3.09. The van der Waals surface area contributed by atoms with Crippen LogP contribution in [0.2, 0.25) is 5.02 Å². The van der Waals surface area contributed by atoms with E-state index >= 15 is 0 Å². The standard InChI is InChI=1S/C14H15ClFN3O3S2/c1-24(21,22)5-4-11(17)13(20)19-14-18-12(7-23-14)8-2-3-10(16)9(15)6-8/h2-3,6-7,11H,4-5,17H2,1H3,(H,18,19,20). The van der Waals surface area contributed by atoms with Crippen molar-refractivity contribution in [1.82, 2.24) is 4.98 Å². The van der Waals surface area contributed by atoms with E-state index in [-0.39, 0.29) is 17.2 Å². The minimum atomic E-state index is -3.18. The summed E-state index contributed by atoms with van der Waals surface area (Å²) in [7, 11) is -3.18. The van der Waals surface area contributed by atoms with E-state index in [0.717, 1.165) is 6.26 Å². The number of anilines is 1. The van der Waals surface area contributed by atoms with Gasteiger partial charge in [-0.1, -0.05) is 11.6 Å². The first-order valence-corrected chi connectivity index (χ1v) is 10.1. The fourth-order valence-corrected chi connectivity index (χ4v) is 3.37. The molecule has 1 aromatic heterocycles. The van der Waals surface area contributed by atoms with Crippen LogP contribution < -0.4 is 11.1 Å². The highest BCUT2D eigenvalue weighted by Crippen LogP contribution is 2.28. The molecule has 0 fully saturated rings. The zero-order valence-corrected chi connectivity index (χ0v) is 15.0. The minimum Gasteiger partial charge on any atom is -0.320 e. The number of hydrogen-bond acceptors (Lipinski definition) is 6. The number of carbonyl (C=O) groups excluding carboxylic acids is 1. The Morgan fingerprint density at radius 1 is 1.50 bits per heavy atom. The maximum absolute atomic E-state index is 13.2. The number of hydrogen-bond donors (Lipinski definition) is 2. The quantitative estimate of drug-likeness (QED) is 0.786. The molecule has 2 rings (SSSR count). The summed E-state index contributed by atoms with van der Waals surface area (Å²) in [5, 5.41) is 4.51. The van der Waals surface area contributed by atoms with E-state index in [0.29, 0.717) is 16.4 Å². The number of amides is 1. The van der Waals surface area contributed by atoms with Gasteiger partial charge in [0.05, 0.1) is 22.5 Å². The summed E-state index contributed by atoms with van der Waals surface area (Å²) in [6.45, 7) is 0. The number of halogens is 2. The third kappa shape index (κ3) is 5.23. The molecular formula is C14H15ClFN3O3S2. The molecule has 0 saturated heterocycles. The van der Waals surface area contributed by atoms with Gasteiger partial charge in [0.2, 0.25) is 5.91 Å². The van der Waals surface area contributed by atoms with Gasteiger partial charge in [0.1, 0.15) is 15.7 Å². The number of aromatic nitrogens is 1. The number of nitrogens with two attached hydrogens (primary N) is 1. The van der Waals surface area contributed by atoms with Crippen molar-refractivity contribution in [1.29, 1.82) is 0 Å². The monoisotopic (exact) mass is 391 g/mol. The molecule has 1 atom stereocenters. The molecule has 1 amide bonds. The van der Waals surface area contributed by atoms with E-state index in [1.54, 1.807) is 5.38 Å². The van der Waals surface area contributed by atoms with Crippen LogP contribution in [0.25, 0.3) is 11.3 Å². The predicted molar refractivity (Wildman–Crippen MR) is 93.5 cm³/mol. The molecule has 6 nitrogen and oxygen atoms in total. The first-order valence-electron chi connectivity index (χ1n) is 6.81. The molecule has 0 radical (unpaired) electrons. The van der Waals surface area contributed by atoms with E-state index in [4.69, 9.17) is 17.3 Å². The molecule has 24 heavy (non-hydrogen) atoms. The lowest BCUT2D eigenvalue weighted by atomic mass is 10.2. The normalized spacial score (nSPS) is 12.8. The van der Waals surface area contributed by atoms with Crippen molar-refractivity contribution >= 4 is 43.8 Å². The highest BCUT2D eigenvalue weighted by Gasteiger charge is 2.17. The van der Waals surface area contributed by atoms with Crippen LogP contribution >= 0.6 is 22.9 Å². The Kier molecular flexibility index (Phi) is 5.92. The molecule has 0 bridgehead atoms. The summed E-state index contributed by atoms with van der Waals surface area (Å²) in [4.78, 5) is 16.2. The molecule has 10 heteroatoms. The van der Waals surface area contributed by atoms with Crippen molar-refractivity contribution in [2.75, 3.05) is 17.3 Å². The Morgan fingerprint density at radius 3 is 2.83 bits per heavy atom. The molecule has 2 aromatic rings. The van der Waals surface area contributed by atoms with Gasteiger partial charge in [-0.15, -0.1) is 11.3 Å². The molecule has 1 heterocycles. The largest absolute Gasteiger partial charge is 0.320 e. The number of rotatable bonds is 6. The molecule has 0 spiro atoms. The van der Waals surface area contributed by atoms with Crippen molar-refractivity contribution in [3.63, 3.8) is 0 Å². The van der Waals surface area contributed by atoms with Crippen LogP contribution in [0.5, 0.6) is 0 Å². The average Bonchev–Trinajstić information content (AvgIpc) is 2.95. The van der Waals surface area contributed by atoms with Crippen LogP contribution in [-0.2, 0) is 14.6 Å². The second-order valence-electron chi connectivity index (χ2n) is 5.18. The average molecular weight is 392 g/mol. The Labute approximate surface area is 147 Å². The minimum absolute atomic E-state index is 0.0196. The number of carbonyl (C=O) groups is 1. The third-order valence-corrected chi connectivity index (χ3v) is 5.11. The zero-order chi connectivity index (χ0) is 17.9. The molecule has 1 aromatic carbocycles. The second-order valence-corrected chi connectivity index (χ2v) is 8.71. The van der Waals surface area contributed by atoms with Crippen molar-refractivity contribution in [2.24, 2.45) is 5.73 Å². The van der Waals surface area contributed by atoms with Crippen molar-refractivity contribution in [3.05, 3.63) is 34.4 Å². The summed E-state index contributed by atoms with van der Waals surface area (Å²) in [6.07, 6.45) is 1.11. The van der Waals surface area contributed by atoms with E-state index in [2.05, 4.69) is 10.3 Å². The van der Waals surface area contributed by atoms with Crippen LogP contribution in [0.1, 0.15) is 6.42 Å². The van der Waals surface area contributed by atoms with Gasteiger partial charge in [-0.2, -0.15) is 0 Å². The number of sulfone groups is 1. The van der Waals surface area contributed by atoms with Crippen LogP contribution in [0, 0.1) is 5.82 Å². The molecule has 0 aliphatic rings. The van der Waals surface area contributed by atoms with Gasteiger partial charge in [0.15, 0.2) is 5.13 Å². The van der Waals surface area contributed by atoms with Crippen LogP contribution in [0.4, 0.5) is 9.52 Å². The summed E-state index contributed by atoms with van der Waals surface area (Å²) in [6, 6.07) is 3.25. The van der Waals surface area contributed by atoms with Crippen LogP contribution in [0.15, 0.2) is 23.6 Å². The van der Waals surface area contributed by atoms with Crippen molar-refractivity contribution in [2.45, 2.75) is 12.5 Å². The Balaban J connectivity index is 2.02. The summed E-state index contributed by atoms with van der Waals surface area (Å²) in [5.41, 5.74) is 6.81. The molecule has 1 unspecified atom stereocenters. The highest BCUT2D eigenvalue weighted by atomic mass is 35.5. The van der Waals surface area contributed by atoms with Gasteiger partial charge in [-0.3, -0.25) is 4.79 Å². The van der Waals surface area contributed by atoms with Gasteiger partial charge in [-0.05, 0) is 24.6 Å². The first-order chi connectivity index (χ1) is 11.2. The lowest BCUT2D eigenvalue weighted by molar-refractivity contribution is -0.117. The summed E-state index contributed by atoms with van der Waals surface area (Å²) >= 11 is 6.90. The molecule has 0 aliphatic heterocycles. The first kappa shape index (κ1) is 18.8. The van der Waals surface area contributed by atoms with Crippen molar-refractivity contribution < 1.29 is 17.6 Å². The predicted octanol–water partition coefficient (Wildman–Crippen LogP) is 2.30. The highest BCUT2D eigenvalue weighted by molar-refractivity contribution is 7.90. The summed E-state index contributed by atoms with van der Waals surface area (Å²) < 4.78 is 35.4. The number of nitrogens with one attached hydrogen (secondary N) is 1. The fraction of sp³-hybridized carbons (Fsp3) is 0.286. The Hall–Kier alpha value is -1.55. The van der Waals surface area contributed by atoms with E-state index in [9.17, 15) is 17.6 Å². The van der Waals surface area contributed by atoms with Crippen LogP contribution in [-0.4, -0.2) is 37.4 Å². The van der Waals surface area contributed by atoms with Crippen LogP contribution in [0.3, 0.4) is 0 Å². The number of thiazole rings is 1. The van der Waals surface area contributed by atoms with Crippen molar-refractivity contribution in [3.8, 4) is 11.3 Å². The fourth-order valence-electron chi connectivity index (χ4n) is 1.79. The number of nitrogens with zero attached hydrogens (tertiary/aromatic N) is 1. The maximum atomic E-state index is 13.2. The van der Waals surface area contributed by atoms with E-state index in [1.807, 2.05) is 0 Å². The molecule has 0 aliphatic carbocycles. The SMILES string of the molecule is CS(=O)(=O)CCC(N)C(=O)Nc1nc(-c2ccc(F)c(Cl)c2)cs1.